The summed E-state index contributed by atoms with van der Waals surface area (Å²) >= 11 is 4.93. The van der Waals surface area contributed by atoms with Crippen LogP contribution in [0.1, 0.15) is 11.5 Å². The Morgan fingerprint density at radius 1 is 1.08 bits per heavy atom. The predicted octanol–water partition coefficient (Wildman–Crippen LogP) is 4.88. The summed E-state index contributed by atoms with van der Waals surface area (Å²) < 4.78 is 6.65. The molecule has 1 N–H and O–H groups in total. The Bertz CT molecular complexity index is 1030. The van der Waals surface area contributed by atoms with Gasteiger partial charge in [0.15, 0.2) is 5.82 Å². The van der Waals surface area contributed by atoms with Crippen LogP contribution in [-0.4, -0.2) is 25.4 Å². The van der Waals surface area contributed by atoms with Crippen molar-refractivity contribution in [2.45, 2.75) is 17.8 Å². The highest BCUT2D eigenvalue weighted by molar-refractivity contribution is 9.10. The van der Waals surface area contributed by atoms with E-state index < -0.39 is 0 Å². The van der Waals surface area contributed by atoms with Crippen molar-refractivity contribution in [3.63, 3.8) is 0 Å². The fraction of sp³-hybridized carbons (Fsp3) is 0.111. The van der Waals surface area contributed by atoms with Crippen molar-refractivity contribution in [3.05, 3.63) is 64.5 Å². The maximum atomic E-state index is 5.74. The van der Waals surface area contributed by atoms with E-state index in [4.69, 9.17) is 4.42 Å². The summed E-state index contributed by atoms with van der Waals surface area (Å²) in [5.74, 6) is 2.26. The molecule has 2 aromatic carbocycles. The Labute approximate surface area is 162 Å². The van der Waals surface area contributed by atoms with Gasteiger partial charge in [-0.3, -0.25) is 5.10 Å². The van der Waals surface area contributed by atoms with Gasteiger partial charge >= 0.3 is 0 Å². The Morgan fingerprint density at radius 3 is 2.69 bits per heavy atom. The summed E-state index contributed by atoms with van der Waals surface area (Å²) in [4.78, 5) is 4.50. The van der Waals surface area contributed by atoms with Gasteiger partial charge in [-0.05, 0) is 35.0 Å². The third kappa shape index (κ3) is 3.71. The molecule has 0 bridgehead atoms. The highest BCUT2D eigenvalue weighted by atomic mass is 79.9. The van der Waals surface area contributed by atoms with Gasteiger partial charge in [-0.2, -0.15) is 0 Å². The fourth-order valence-electron chi connectivity index (χ4n) is 2.33. The second kappa shape index (κ2) is 7.43. The number of halogens is 1. The Kier molecular flexibility index (Phi) is 4.85. The van der Waals surface area contributed by atoms with Gasteiger partial charge in [-0.1, -0.05) is 53.7 Å². The van der Waals surface area contributed by atoms with E-state index in [2.05, 4.69) is 48.2 Å². The summed E-state index contributed by atoms with van der Waals surface area (Å²) in [6.07, 6.45) is 0. The number of H-pyrrole nitrogens is 1. The molecule has 26 heavy (non-hydrogen) atoms. The number of thioether (sulfide) groups is 1. The molecule has 2 aromatic heterocycles. The summed E-state index contributed by atoms with van der Waals surface area (Å²) in [7, 11) is 0. The average Bonchev–Trinajstić information content (AvgIpc) is 3.30. The lowest BCUT2D eigenvalue weighted by molar-refractivity contribution is 0.528. The maximum Gasteiger partial charge on any atom is 0.248 e. The molecule has 0 saturated heterocycles. The lowest BCUT2D eigenvalue weighted by Gasteiger charge is -1.97. The minimum Gasteiger partial charge on any atom is -0.420 e. The van der Waals surface area contributed by atoms with Crippen molar-refractivity contribution in [2.75, 3.05) is 0 Å². The second-order valence-corrected chi connectivity index (χ2v) is 7.40. The van der Waals surface area contributed by atoms with Crippen molar-refractivity contribution in [3.8, 4) is 22.8 Å². The third-order valence-electron chi connectivity index (χ3n) is 3.69. The molecule has 0 aliphatic heterocycles. The molecule has 0 fully saturated rings. The van der Waals surface area contributed by atoms with Gasteiger partial charge in [0.2, 0.25) is 16.9 Å². The van der Waals surface area contributed by atoms with Crippen LogP contribution in [0.4, 0.5) is 0 Å². The molecule has 4 rings (SSSR count). The first-order valence-corrected chi connectivity index (χ1v) is 9.66. The van der Waals surface area contributed by atoms with Crippen LogP contribution in [0.15, 0.2) is 62.6 Å². The van der Waals surface area contributed by atoms with Crippen LogP contribution in [0.3, 0.4) is 0 Å². The molecule has 0 spiro atoms. The van der Waals surface area contributed by atoms with Crippen LogP contribution in [0.25, 0.3) is 22.8 Å². The number of aromatic amines is 1. The molecular weight excluding hydrogens is 414 g/mol. The number of aromatic nitrogens is 5. The van der Waals surface area contributed by atoms with Crippen molar-refractivity contribution in [2.24, 2.45) is 0 Å². The van der Waals surface area contributed by atoms with Gasteiger partial charge in [-0.15, -0.1) is 15.3 Å². The SMILES string of the molecule is Cc1ccc(-c2nc(SCc3nnc(-c4ccccc4Br)o3)n[nH]2)cc1. The molecule has 0 radical (unpaired) electrons. The molecule has 0 atom stereocenters. The zero-order chi connectivity index (χ0) is 17.9. The van der Waals surface area contributed by atoms with Crippen LogP contribution < -0.4 is 0 Å². The number of rotatable bonds is 5. The van der Waals surface area contributed by atoms with E-state index in [1.165, 1.54) is 17.3 Å². The standard InChI is InChI=1S/C18H14BrN5OS/c1-11-6-8-12(9-7-11)16-20-18(24-22-16)26-10-15-21-23-17(25-15)13-4-2-3-5-14(13)19/h2-9H,10H2,1H3,(H,20,22,24). The summed E-state index contributed by atoms with van der Waals surface area (Å²) in [6, 6.07) is 15.9. The largest absolute Gasteiger partial charge is 0.420 e. The van der Waals surface area contributed by atoms with Gasteiger partial charge in [-0.25, -0.2) is 4.98 Å². The highest BCUT2D eigenvalue weighted by Gasteiger charge is 2.13. The Balaban J connectivity index is 1.44. The van der Waals surface area contributed by atoms with Crippen LogP contribution in [0.5, 0.6) is 0 Å². The molecular formula is C18H14BrN5OS. The fourth-order valence-corrected chi connectivity index (χ4v) is 3.42. The number of hydrogen-bond donors (Lipinski definition) is 1. The van der Waals surface area contributed by atoms with E-state index in [0.717, 1.165) is 21.4 Å². The zero-order valence-electron chi connectivity index (χ0n) is 13.8. The van der Waals surface area contributed by atoms with Gasteiger partial charge in [0.05, 0.1) is 11.3 Å². The molecule has 0 saturated carbocycles. The lowest BCUT2D eigenvalue weighted by Crippen LogP contribution is -1.82. The van der Waals surface area contributed by atoms with Crippen molar-refractivity contribution in [1.82, 2.24) is 25.4 Å². The molecule has 8 heteroatoms. The van der Waals surface area contributed by atoms with Crippen molar-refractivity contribution < 1.29 is 4.42 Å². The molecule has 4 aromatic rings. The smallest absolute Gasteiger partial charge is 0.248 e. The van der Waals surface area contributed by atoms with E-state index in [-0.39, 0.29) is 0 Å². The number of hydrogen-bond acceptors (Lipinski definition) is 6. The van der Waals surface area contributed by atoms with Crippen LogP contribution in [-0.2, 0) is 5.75 Å². The Morgan fingerprint density at radius 2 is 1.88 bits per heavy atom. The first-order chi connectivity index (χ1) is 12.7. The lowest BCUT2D eigenvalue weighted by atomic mass is 10.1. The van der Waals surface area contributed by atoms with E-state index in [0.29, 0.717) is 22.7 Å². The maximum absolute atomic E-state index is 5.74. The van der Waals surface area contributed by atoms with Crippen molar-refractivity contribution >= 4 is 27.7 Å². The monoisotopic (exact) mass is 427 g/mol. The minimum atomic E-state index is 0.489. The molecule has 0 unspecified atom stereocenters. The quantitative estimate of drug-likeness (QED) is 0.456. The second-order valence-electron chi connectivity index (χ2n) is 5.60. The summed E-state index contributed by atoms with van der Waals surface area (Å²) in [5.41, 5.74) is 3.08. The van der Waals surface area contributed by atoms with Crippen LogP contribution in [0.2, 0.25) is 0 Å². The molecule has 130 valence electrons. The highest BCUT2D eigenvalue weighted by Crippen LogP contribution is 2.28. The van der Waals surface area contributed by atoms with Crippen molar-refractivity contribution in [1.29, 1.82) is 0 Å². The number of benzene rings is 2. The first-order valence-electron chi connectivity index (χ1n) is 7.88. The van der Waals surface area contributed by atoms with Gasteiger partial charge in [0.25, 0.3) is 0 Å². The summed E-state index contributed by atoms with van der Waals surface area (Å²) in [6.45, 7) is 2.05. The number of nitrogens with zero attached hydrogens (tertiary/aromatic N) is 4. The predicted molar refractivity (Wildman–Crippen MR) is 104 cm³/mol. The zero-order valence-corrected chi connectivity index (χ0v) is 16.2. The molecule has 2 heterocycles. The van der Waals surface area contributed by atoms with E-state index in [9.17, 15) is 0 Å². The normalized spacial score (nSPS) is 11.0. The minimum absolute atomic E-state index is 0.489. The molecule has 0 aliphatic carbocycles. The van der Waals surface area contributed by atoms with Gasteiger partial charge in [0.1, 0.15) is 0 Å². The topological polar surface area (TPSA) is 80.5 Å². The van der Waals surface area contributed by atoms with E-state index in [1.54, 1.807) is 0 Å². The van der Waals surface area contributed by atoms with E-state index >= 15 is 0 Å². The van der Waals surface area contributed by atoms with Crippen LogP contribution >= 0.6 is 27.7 Å². The van der Waals surface area contributed by atoms with Gasteiger partial charge in [0, 0.05) is 10.0 Å². The van der Waals surface area contributed by atoms with Crippen LogP contribution in [0, 0.1) is 6.92 Å². The molecule has 0 aliphatic rings. The Hall–Kier alpha value is -2.45. The van der Waals surface area contributed by atoms with E-state index in [1.807, 2.05) is 48.5 Å². The third-order valence-corrected chi connectivity index (χ3v) is 5.21. The molecule has 6 nitrogen and oxygen atoms in total. The first kappa shape index (κ1) is 17.0. The average molecular weight is 428 g/mol. The summed E-state index contributed by atoms with van der Waals surface area (Å²) in [5, 5.41) is 16.1. The number of nitrogens with one attached hydrogen (secondary N) is 1. The van der Waals surface area contributed by atoms with Gasteiger partial charge < -0.3 is 4.42 Å². The molecule has 0 amide bonds. The number of aryl methyl sites for hydroxylation is 1.